The molecule has 0 amide bonds. The van der Waals surface area contributed by atoms with Crippen molar-refractivity contribution in [3.63, 3.8) is 0 Å². The first kappa shape index (κ1) is 25.4. The number of rotatable bonds is 15. The van der Waals surface area contributed by atoms with Gasteiger partial charge in [-0.25, -0.2) is 0 Å². The van der Waals surface area contributed by atoms with E-state index in [1.807, 2.05) is 0 Å². The zero-order valence-corrected chi connectivity index (χ0v) is 16.5. The van der Waals surface area contributed by atoms with Crippen molar-refractivity contribution in [2.24, 2.45) is 0 Å². The monoisotopic (exact) mass is 401 g/mol. The third kappa shape index (κ3) is 15.6. The average Bonchev–Trinajstić information content (AvgIpc) is 2.52. The van der Waals surface area contributed by atoms with Crippen LogP contribution in [0.15, 0.2) is 0 Å². The molecule has 0 heterocycles. The van der Waals surface area contributed by atoms with Crippen LogP contribution in [0.3, 0.4) is 0 Å². The van der Waals surface area contributed by atoms with Crippen molar-refractivity contribution in [2.75, 3.05) is 39.5 Å². The van der Waals surface area contributed by atoms with Crippen molar-refractivity contribution in [1.29, 1.82) is 0 Å². The molecule has 0 unspecified atom stereocenters. The van der Waals surface area contributed by atoms with E-state index in [2.05, 4.69) is 0 Å². The van der Waals surface area contributed by atoms with E-state index in [4.69, 9.17) is 14.2 Å². The van der Waals surface area contributed by atoms with Gasteiger partial charge in [-0.3, -0.25) is 33.7 Å². The highest BCUT2D eigenvalue weighted by molar-refractivity contribution is 5.95. The third-order valence-corrected chi connectivity index (χ3v) is 3.19. The maximum atomic E-state index is 11.4. The van der Waals surface area contributed by atoms with Crippen molar-refractivity contribution in [1.82, 2.24) is 4.90 Å². The van der Waals surface area contributed by atoms with Crippen LogP contribution in [0.2, 0.25) is 0 Å². The smallest absolute Gasteiger partial charge is 0.313 e. The SMILES string of the molecule is CC(=O)CC(=O)OCCN(CCOC(=O)CC(C)=O)CCOC(=O)CC(C)=O. The molecule has 0 N–H and O–H groups in total. The lowest BCUT2D eigenvalue weighted by Crippen LogP contribution is -2.35. The van der Waals surface area contributed by atoms with Gasteiger partial charge in [0.15, 0.2) is 0 Å². The number of nitrogens with zero attached hydrogens (tertiary/aromatic N) is 1. The summed E-state index contributed by atoms with van der Waals surface area (Å²) in [5.74, 6) is -2.86. The number of carbonyl (C=O) groups is 6. The maximum absolute atomic E-state index is 11.4. The Bertz CT molecular complexity index is 505. The molecule has 0 aromatic carbocycles. The van der Waals surface area contributed by atoms with E-state index in [0.29, 0.717) is 0 Å². The molecule has 0 saturated carbocycles. The first-order valence-electron chi connectivity index (χ1n) is 8.77. The summed E-state index contributed by atoms with van der Waals surface area (Å²) in [6, 6.07) is 0. The predicted molar refractivity (Wildman–Crippen MR) is 95.2 cm³/mol. The standard InChI is InChI=1S/C18H27NO9/c1-13(20)10-16(23)26-7-4-19(5-8-27-17(24)11-14(2)21)6-9-28-18(25)12-15(3)22/h4-12H2,1-3H3. The van der Waals surface area contributed by atoms with Crippen LogP contribution in [0.1, 0.15) is 40.0 Å². The van der Waals surface area contributed by atoms with Gasteiger partial charge in [-0.1, -0.05) is 0 Å². The number of ketones is 3. The van der Waals surface area contributed by atoms with Crippen LogP contribution in [0.25, 0.3) is 0 Å². The second-order valence-corrected chi connectivity index (χ2v) is 6.14. The van der Waals surface area contributed by atoms with Gasteiger partial charge in [-0.2, -0.15) is 0 Å². The van der Waals surface area contributed by atoms with E-state index in [-0.39, 0.29) is 76.1 Å². The normalized spacial score (nSPS) is 10.3. The molecular weight excluding hydrogens is 374 g/mol. The second kappa shape index (κ2) is 14.4. The number of ether oxygens (including phenoxy) is 3. The van der Waals surface area contributed by atoms with E-state index in [1.54, 1.807) is 4.90 Å². The molecule has 0 radical (unpaired) electrons. The first-order valence-corrected chi connectivity index (χ1v) is 8.77. The van der Waals surface area contributed by atoms with Crippen LogP contribution in [0, 0.1) is 0 Å². The fourth-order valence-electron chi connectivity index (χ4n) is 1.96. The number of hydrogen-bond acceptors (Lipinski definition) is 10. The molecular formula is C18H27NO9. The minimum atomic E-state index is -0.645. The van der Waals surface area contributed by atoms with Gasteiger partial charge in [0.1, 0.15) is 56.4 Å². The summed E-state index contributed by atoms with van der Waals surface area (Å²) in [7, 11) is 0. The predicted octanol–water partition coefficient (Wildman–Crippen LogP) is -0.145. The van der Waals surface area contributed by atoms with Crippen molar-refractivity contribution in [2.45, 2.75) is 40.0 Å². The molecule has 0 aliphatic heterocycles. The Labute approximate surface area is 163 Å². The van der Waals surface area contributed by atoms with E-state index in [1.165, 1.54) is 20.8 Å². The number of carbonyl (C=O) groups excluding carboxylic acids is 6. The van der Waals surface area contributed by atoms with Gasteiger partial charge >= 0.3 is 17.9 Å². The number of hydrogen-bond donors (Lipinski definition) is 0. The minimum absolute atomic E-state index is 0.00506. The molecule has 0 rings (SSSR count). The van der Waals surface area contributed by atoms with E-state index >= 15 is 0 Å². The van der Waals surface area contributed by atoms with Gasteiger partial charge in [-0.05, 0) is 20.8 Å². The second-order valence-electron chi connectivity index (χ2n) is 6.14. The zero-order valence-electron chi connectivity index (χ0n) is 16.5. The Kier molecular flexibility index (Phi) is 13.1. The minimum Gasteiger partial charge on any atom is -0.464 e. The van der Waals surface area contributed by atoms with Crippen LogP contribution in [-0.2, 0) is 43.0 Å². The molecule has 0 aliphatic carbocycles. The molecule has 158 valence electrons. The molecule has 0 aliphatic rings. The molecule has 0 bridgehead atoms. The fraction of sp³-hybridized carbons (Fsp3) is 0.667. The number of esters is 3. The zero-order chi connectivity index (χ0) is 21.5. The lowest BCUT2D eigenvalue weighted by molar-refractivity contribution is -0.146. The van der Waals surface area contributed by atoms with E-state index < -0.39 is 17.9 Å². The van der Waals surface area contributed by atoms with Crippen molar-refractivity contribution in [3.8, 4) is 0 Å². The van der Waals surface area contributed by atoms with Crippen molar-refractivity contribution >= 4 is 35.3 Å². The largest absolute Gasteiger partial charge is 0.464 e. The van der Waals surface area contributed by atoms with Crippen molar-refractivity contribution in [3.05, 3.63) is 0 Å². The molecule has 0 aromatic rings. The lowest BCUT2D eigenvalue weighted by Gasteiger charge is -2.21. The summed E-state index contributed by atoms with van der Waals surface area (Å²) in [6.45, 7) is 4.56. The highest BCUT2D eigenvalue weighted by Gasteiger charge is 2.13. The summed E-state index contributed by atoms with van der Waals surface area (Å²) in [5, 5.41) is 0. The van der Waals surface area contributed by atoms with Crippen LogP contribution in [0.4, 0.5) is 0 Å². The Morgan fingerprint density at radius 2 is 0.786 bits per heavy atom. The van der Waals surface area contributed by atoms with Crippen molar-refractivity contribution < 1.29 is 43.0 Å². The quantitative estimate of drug-likeness (QED) is 0.207. The molecule has 0 aromatic heterocycles. The highest BCUT2D eigenvalue weighted by atomic mass is 16.5. The molecule has 10 heteroatoms. The number of Topliss-reactive ketones (excluding diaryl/α,β-unsaturated/α-hetero) is 3. The molecule has 0 saturated heterocycles. The lowest BCUT2D eigenvalue weighted by atomic mass is 10.3. The van der Waals surface area contributed by atoms with Crippen LogP contribution in [0.5, 0.6) is 0 Å². The molecule has 0 fully saturated rings. The summed E-state index contributed by atoms with van der Waals surface area (Å²) in [4.78, 5) is 68.4. The molecule has 10 nitrogen and oxygen atoms in total. The average molecular weight is 401 g/mol. The van der Waals surface area contributed by atoms with Crippen LogP contribution in [-0.4, -0.2) is 79.6 Å². The maximum Gasteiger partial charge on any atom is 0.313 e. The van der Waals surface area contributed by atoms with E-state index in [9.17, 15) is 28.8 Å². The Morgan fingerprint density at radius 1 is 0.536 bits per heavy atom. The van der Waals surface area contributed by atoms with Gasteiger partial charge in [0.25, 0.3) is 0 Å². The summed E-state index contributed by atoms with van der Waals surface area (Å²) >= 11 is 0. The van der Waals surface area contributed by atoms with Gasteiger partial charge in [0, 0.05) is 19.6 Å². The van der Waals surface area contributed by atoms with Gasteiger partial charge in [0.2, 0.25) is 0 Å². The van der Waals surface area contributed by atoms with Gasteiger partial charge < -0.3 is 14.2 Å². The summed E-state index contributed by atoms with van der Waals surface area (Å²) in [5.41, 5.74) is 0. The fourth-order valence-corrected chi connectivity index (χ4v) is 1.96. The van der Waals surface area contributed by atoms with Crippen LogP contribution >= 0.6 is 0 Å². The molecule has 28 heavy (non-hydrogen) atoms. The Hall–Kier alpha value is -2.62. The Balaban J connectivity index is 4.39. The van der Waals surface area contributed by atoms with E-state index in [0.717, 1.165) is 0 Å². The summed E-state index contributed by atoms with van der Waals surface area (Å²) in [6.07, 6.45) is -0.943. The molecule has 0 atom stereocenters. The van der Waals surface area contributed by atoms with Gasteiger partial charge in [-0.15, -0.1) is 0 Å². The first-order chi connectivity index (χ1) is 13.1. The summed E-state index contributed by atoms with van der Waals surface area (Å²) < 4.78 is 14.8. The third-order valence-electron chi connectivity index (χ3n) is 3.19. The highest BCUT2D eigenvalue weighted by Crippen LogP contribution is 1.96. The van der Waals surface area contributed by atoms with Gasteiger partial charge in [0.05, 0.1) is 0 Å². The topological polar surface area (TPSA) is 133 Å². The molecule has 0 spiro atoms. The Morgan fingerprint density at radius 3 is 1.00 bits per heavy atom. The van der Waals surface area contributed by atoms with Crippen LogP contribution < -0.4 is 0 Å².